The van der Waals surface area contributed by atoms with Gasteiger partial charge in [-0.1, -0.05) is 6.07 Å². The average molecular weight is 254 g/mol. The minimum Gasteiger partial charge on any atom is -0.484 e. The first-order valence-corrected chi connectivity index (χ1v) is 6.03. The molecule has 2 aromatic rings. The molecule has 96 valence electrons. The molecule has 2 heterocycles. The van der Waals surface area contributed by atoms with E-state index >= 15 is 0 Å². The molecule has 19 heavy (non-hydrogen) atoms. The van der Waals surface area contributed by atoms with Crippen molar-refractivity contribution >= 4 is 17.2 Å². The number of rotatable bonds is 2. The van der Waals surface area contributed by atoms with Gasteiger partial charge in [0.1, 0.15) is 18.2 Å². The van der Waals surface area contributed by atoms with E-state index in [0.29, 0.717) is 18.8 Å². The highest BCUT2D eigenvalue weighted by molar-refractivity contribution is 5.99. The van der Waals surface area contributed by atoms with Gasteiger partial charge in [0.05, 0.1) is 12.2 Å². The molecule has 0 bridgehead atoms. The smallest absolute Gasteiger partial charge is 0.146 e. The van der Waals surface area contributed by atoms with E-state index in [1.807, 2.05) is 30.3 Å². The van der Waals surface area contributed by atoms with Crippen LogP contribution in [0.3, 0.4) is 0 Å². The molecular formula is C14H14N4O. The van der Waals surface area contributed by atoms with Crippen LogP contribution in [-0.2, 0) is 6.54 Å². The standard InChI is InChI=1S/C14H14N4O/c15-11-3-4-13-12(6-11)18-14(9-19-13)17-8-10-2-1-5-16-7-10/h1-7H,8-9,15H2,(H,17,18). The average Bonchev–Trinajstić information content (AvgIpc) is 2.46. The van der Waals surface area contributed by atoms with Crippen molar-refractivity contribution in [2.45, 2.75) is 6.54 Å². The van der Waals surface area contributed by atoms with Crippen LogP contribution in [0.5, 0.6) is 5.75 Å². The Kier molecular flexibility index (Phi) is 3.02. The summed E-state index contributed by atoms with van der Waals surface area (Å²) in [6, 6.07) is 9.41. The predicted octanol–water partition coefficient (Wildman–Crippen LogP) is 2.07. The Hall–Kier alpha value is -2.56. The number of hydrogen-bond acceptors (Lipinski definition) is 4. The SMILES string of the molecule is Nc1ccc2c(c1)NC(=NCc1cccnc1)CO2. The maximum Gasteiger partial charge on any atom is 0.146 e. The summed E-state index contributed by atoms with van der Waals surface area (Å²) in [5, 5.41) is 3.23. The van der Waals surface area contributed by atoms with Crippen molar-refractivity contribution in [3.63, 3.8) is 0 Å². The van der Waals surface area contributed by atoms with E-state index in [-0.39, 0.29) is 0 Å². The highest BCUT2D eigenvalue weighted by Crippen LogP contribution is 2.29. The highest BCUT2D eigenvalue weighted by Gasteiger charge is 2.14. The van der Waals surface area contributed by atoms with Crippen molar-refractivity contribution in [1.82, 2.24) is 4.98 Å². The Morgan fingerprint density at radius 2 is 2.32 bits per heavy atom. The molecule has 1 aromatic carbocycles. The van der Waals surface area contributed by atoms with Crippen LogP contribution in [0.25, 0.3) is 0 Å². The van der Waals surface area contributed by atoms with Crippen LogP contribution in [0.4, 0.5) is 11.4 Å². The fourth-order valence-corrected chi connectivity index (χ4v) is 1.87. The number of aliphatic imine (C=N–C) groups is 1. The van der Waals surface area contributed by atoms with Crippen molar-refractivity contribution in [1.29, 1.82) is 0 Å². The molecule has 0 fully saturated rings. The quantitative estimate of drug-likeness (QED) is 0.805. The zero-order chi connectivity index (χ0) is 13.1. The van der Waals surface area contributed by atoms with Gasteiger partial charge in [0.25, 0.3) is 0 Å². The minimum atomic E-state index is 0.442. The lowest BCUT2D eigenvalue weighted by Gasteiger charge is -2.21. The number of aromatic nitrogens is 1. The van der Waals surface area contributed by atoms with Crippen LogP contribution in [0, 0.1) is 0 Å². The largest absolute Gasteiger partial charge is 0.484 e. The summed E-state index contributed by atoms with van der Waals surface area (Å²) in [5.74, 6) is 1.59. The maximum atomic E-state index is 5.75. The summed E-state index contributed by atoms with van der Waals surface area (Å²) < 4.78 is 5.62. The molecule has 0 aliphatic carbocycles. The first-order chi connectivity index (χ1) is 9.31. The molecule has 1 aliphatic heterocycles. The maximum absolute atomic E-state index is 5.75. The van der Waals surface area contributed by atoms with E-state index in [9.17, 15) is 0 Å². The molecular weight excluding hydrogens is 240 g/mol. The summed E-state index contributed by atoms with van der Waals surface area (Å²) in [5.41, 5.74) is 8.37. The van der Waals surface area contributed by atoms with Crippen LogP contribution in [0.15, 0.2) is 47.7 Å². The van der Waals surface area contributed by atoms with Gasteiger partial charge < -0.3 is 15.8 Å². The third-order valence-corrected chi connectivity index (χ3v) is 2.82. The van der Waals surface area contributed by atoms with Crippen molar-refractivity contribution in [2.75, 3.05) is 17.7 Å². The van der Waals surface area contributed by atoms with Crippen molar-refractivity contribution < 1.29 is 4.74 Å². The lowest BCUT2D eigenvalue weighted by atomic mass is 10.2. The molecule has 1 aromatic heterocycles. The normalized spacial score (nSPS) is 15.5. The van der Waals surface area contributed by atoms with Gasteiger partial charge in [0.2, 0.25) is 0 Å². The van der Waals surface area contributed by atoms with Crippen LogP contribution in [0.2, 0.25) is 0 Å². The molecule has 0 unspecified atom stereocenters. The Morgan fingerprint density at radius 3 is 3.16 bits per heavy atom. The monoisotopic (exact) mass is 254 g/mol. The summed E-state index contributed by atoms with van der Waals surface area (Å²) in [7, 11) is 0. The minimum absolute atomic E-state index is 0.442. The van der Waals surface area contributed by atoms with Crippen LogP contribution in [-0.4, -0.2) is 17.4 Å². The molecule has 5 nitrogen and oxygen atoms in total. The number of anilines is 2. The summed E-state index contributed by atoms with van der Waals surface area (Å²) in [6.07, 6.45) is 3.55. The zero-order valence-corrected chi connectivity index (χ0v) is 10.3. The van der Waals surface area contributed by atoms with E-state index in [0.717, 1.165) is 22.8 Å². The molecule has 0 atom stereocenters. The van der Waals surface area contributed by atoms with Crippen molar-refractivity contribution in [2.24, 2.45) is 4.99 Å². The molecule has 0 radical (unpaired) electrons. The fraction of sp³-hybridized carbons (Fsp3) is 0.143. The van der Waals surface area contributed by atoms with Crippen LogP contribution in [0.1, 0.15) is 5.56 Å². The number of ether oxygens (including phenoxy) is 1. The molecule has 0 spiro atoms. The Bertz CT molecular complexity index is 610. The molecule has 0 saturated heterocycles. The van der Waals surface area contributed by atoms with E-state index < -0.39 is 0 Å². The van der Waals surface area contributed by atoms with Gasteiger partial charge in [-0.3, -0.25) is 9.98 Å². The number of nitrogen functional groups attached to an aromatic ring is 1. The van der Waals surface area contributed by atoms with Crippen molar-refractivity contribution in [3.8, 4) is 5.75 Å². The van der Waals surface area contributed by atoms with Gasteiger partial charge in [0, 0.05) is 18.1 Å². The Balaban J connectivity index is 1.74. The van der Waals surface area contributed by atoms with E-state index in [4.69, 9.17) is 10.5 Å². The van der Waals surface area contributed by atoms with Gasteiger partial charge in [0.15, 0.2) is 0 Å². The molecule has 1 aliphatic rings. The number of nitrogens with one attached hydrogen (secondary N) is 1. The second-order valence-electron chi connectivity index (χ2n) is 4.29. The lowest BCUT2D eigenvalue weighted by Crippen LogP contribution is -2.26. The second kappa shape index (κ2) is 4.97. The van der Waals surface area contributed by atoms with E-state index in [1.54, 1.807) is 12.4 Å². The summed E-state index contributed by atoms with van der Waals surface area (Å²) in [4.78, 5) is 8.54. The number of nitrogens with zero attached hydrogens (tertiary/aromatic N) is 2. The third kappa shape index (κ3) is 2.65. The molecule has 0 amide bonds. The van der Waals surface area contributed by atoms with Crippen molar-refractivity contribution in [3.05, 3.63) is 48.3 Å². The number of benzene rings is 1. The molecule has 0 saturated carbocycles. The lowest BCUT2D eigenvalue weighted by molar-refractivity contribution is 0.372. The third-order valence-electron chi connectivity index (χ3n) is 2.82. The van der Waals surface area contributed by atoms with Crippen LogP contribution < -0.4 is 15.8 Å². The number of fused-ring (bicyclic) bond motifs is 1. The first-order valence-electron chi connectivity index (χ1n) is 6.03. The van der Waals surface area contributed by atoms with E-state index in [2.05, 4.69) is 15.3 Å². The molecule has 3 N–H and O–H groups in total. The van der Waals surface area contributed by atoms with Crippen LogP contribution >= 0.6 is 0 Å². The molecule has 5 heteroatoms. The topological polar surface area (TPSA) is 72.5 Å². The molecule has 3 rings (SSSR count). The predicted molar refractivity (Wildman–Crippen MR) is 75.3 cm³/mol. The Labute approximate surface area is 111 Å². The number of hydrogen-bond donors (Lipinski definition) is 2. The van der Waals surface area contributed by atoms with E-state index in [1.165, 1.54) is 0 Å². The zero-order valence-electron chi connectivity index (χ0n) is 10.3. The summed E-state index contributed by atoms with van der Waals surface area (Å²) >= 11 is 0. The number of nitrogens with two attached hydrogens (primary N) is 1. The number of amidine groups is 1. The van der Waals surface area contributed by atoms with Gasteiger partial charge in [-0.15, -0.1) is 0 Å². The Morgan fingerprint density at radius 1 is 1.37 bits per heavy atom. The number of pyridine rings is 1. The van der Waals surface area contributed by atoms with Gasteiger partial charge in [-0.2, -0.15) is 0 Å². The second-order valence-corrected chi connectivity index (χ2v) is 4.29. The highest BCUT2D eigenvalue weighted by atomic mass is 16.5. The summed E-state index contributed by atoms with van der Waals surface area (Å²) in [6.45, 7) is 1.02. The van der Waals surface area contributed by atoms with Gasteiger partial charge in [-0.05, 0) is 29.8 Å². The first kappa shape index (κ1) is 11.5. The van der Waals surface area contributed by atoms with Gasteiger partial charge >= 0.3 is 0 Å². The van der Waals surface area contributed by atoms with Gasteiger partial charge in [-0.25, -0.2) is 0 Å². The fourth-order valence-electron chi connectivity index (χ4n) is 1.87.